The summed E-state index contributed by atoms with van der Waals surface area (Å²) in [6, 6.07) is 11.7. The van der Waals surface area contributed by atoms with Gasteiger partial charge in [-0.25, -0.2) is 0 Å². The van der Waals surface area contributed by atoms with Gasteiger partial charge < -0.3 is 10.3 Å². The van der Waals surface area contributed by atoms with E-state index in [1.807, 2.05) is 12.1 Å². The van der Waals surface area contributed by atoms with Gasteiger partial charge in [0, 0.05) is 26.9 Å². The van der Waals surface area contributed by atoms with Crippen LogP contribution in [-0.2, 0) is 0 Å². The van der Waals surface area contributed by atoms with Crippen LogP contribution in [0.25, 0.3) is 21.3 Å². The minimum Gasteiger partial charge on any atom is -0.353 e. The van der Waals surface area contributed by atoms with Crippen molar-refractivity contribution in [3.63, 3.8) is 0 Å². The topological polar surface area (TPSA) is 52.2 Å². The van der Waals surface area contributed by atoms with Crippen molar-refractivity contribution in [2.24, 2.45) is 11.0 Å². The van der Waals surface area contributed by atoms with Crippen molar-refractivity contribution >= 4 is 28.0 Å². The van der Waals surface area contributed by atoms with E-state index < -0.39 is 0 Å². The average Bonchev–Trinajstić information content (AvgIpc) is 3.49. The van der Waals surface area contributed by atoms with Gasteiger partial charge in [-0.1, -0.05) is 24.3 Å². The molecule has 166 valence electrons. The normalized spacial score (nSPS) is 20.7. The first kappa shape index (κ1) is 21.2. The Morgan fingerprint density at radius 3 is 2.72 bits per heavy atom. The average molecular weight is 449 g/mol. The van der Waals surface area contributed by atoms with Gasteiger partial charge in [0.1, 0.15) is 5.71 Å². The molecule has 3 N–H and O–H groups in total. The number of benzene rings is 1. The molecule has 4 heterocycles. The number of nitrogens with zero attached hydrogens (tertiary/aromatic N) is 1. The molecule has 3 aromatic rings. The smallest absolute Gasteiger partial charge is 0.176 e. The monoisotopic (exact) mass is 448 g/mol. The van der Waals surface area contributed by atoms with Crippen molar-refractivity contribution < 1.29 is 4.39 Å². The lowest BCUT2D eigenvalue weighted by Crippen LogP contribution is -2.34. The van der Waals surface area contributed by atoms with Crippen LogP contribution in [0.3, 0.4) is 0 Å². The highest BCUT2D eigenvalue weighted by atomic mass is 32.1. The molecule has 2 aromatic heterocycles. The van der Waals surface area contributed by atoms with E-state index in [2.05, 4.69) is 66.8 Å². The molecule has 0 unspecified atom stereocenters. The molecule has 4 nitrogen and oxygen atoms in total. The lowest BCUT2D eigenvalue weighted by Gasteiger charge is -2.26. The van der Waals surface area contributed by atoms with E-state index in [-0.39, 0.29) is 10.7 Å². The number of aromatic amines is 1. The SMILES string of the molecule is C/C=C(\C=C1\C(c2cc3c(-c4ccc(F)s4)cccc3[nH]2)=NNC1(C)C)C1CCNCC1. The van der Waals surface area contributed by atoms with Gasteiger partial charge in [0.25, 0.3) is 0 Å². The summed E-state index contributed by atoms with van der Waals surface area (Å²) in [6.07, 6.45) is 6.92. The van der Waals surface area contributed by atoms with Crippen LogP contribution < -0.4 is 10.7 Å². The number of H-pyrrole nitrogens is 1. The van der Waals surface area contributed by atoms with Crippen molar-refractivity contribution in [3.8, 4) is 10.4 Å². The van der Waals surface area contributed by atoms with Gasteiger partial charge in [-0.15, -0.1) is 11.3 Å². The molecule has 0 atom stereocenters. The third kappa shape index (κ3) is 3.82. The van der Waals surface area contributed by atoms with Crippen LogP contribution in [-0.4, -0.2) is 29.3 Å². The summed E-state index contributed by atoms with van der Waals surface area (Å²) in [6.45, 7) is 8.63. The molecule has 1 fully saturated rings. The highest BCUT2D eigenvalue weighted by Gasteiger charge is 2.34. The summed E-state index contributed by atoms with van der Waals surface area (Å²) in [5.74, 6) is 0.578. The number of allylic oxidation sites excluding steroid dienone is 3. The Morgan fingerprint density at radius 2 is 2.00 bits per heavy atom. The highest BCUT2D eigenvalue weighted by Crippen LogP contribution is 2.36. The Balaban J connectivity index is 1.56. The molecule has 5 rings (SSSR count). The minimum atomic E-state index is -0.256. The van der Waals surface area contributed by atoms with E-state index in [0.29, 0.717) is 5.92 Å². The third-order valence-electron chi connectivity index (χ3n) is 6.59. The third-order valence-corrected chi connectivity index (χ3v) is 7.50. The maximum atomic E-state index is 13.7. The van der Waals surface area contributed by atoms with Crippen molar-refractivity contribution in [1.29, 1.82) is 0 Å². The fourth-order valence-corrected chi connectivity index (χ4v) is 5.55. The lowest BCUT2D eigenvalue weighted by atomic mass is 9.84. The summed E-state index contributed by atoms with van der Waals surface area (Å²) in [5.41, 5.74) is 9.66. The maximum Gasteiger partial charge on any atom is 0.176 e. The maximum absolute atomic E-state index is 13.7. The number of hydrogen-bond donors (Lipinski definition) is 3. The second-order valence-corrected chi connectivity index (χ2v) is 10.2. The number of thiophene rings is 1. The van der Waals surface area contributed by atoms with E-state index in [0.717, 1.165) is 58.7 Å². The van der Waals surface area contributed by atoms with Gasteiger partial charge in [-0.2, -0.15) is 9.49 Å². The molecule has 6 heteroatoms. The zero-order chi connectivity index (χ0) is 22.3. The summed E-state index contributed by atoms with van der Waals surface area (Å²) in [7, 11) is 0. The Morgan fingerprint density at radius 1 is 1.19 bits per heavy atom. The van der Waals surface area contributed by atoms with Gasteiger partial charge in [0.2, 0.25) is 0 Å². The molecule has 0 amide bonds. The van der Waals surface area contributed by atoms with E-state index in [9.17, 15) is 4.39 Å². The first-order valence-corrected chi connectivity index (χ1v) is 12.1. The standard InChI is InChI=1S/C26H29FN4S/c1-4-16(17-10-12-28-13-11-17)14-20-25(30-31-26(20,2)3)22-15-19-18(6-5-7-21(19)29-22)23-8-9-24(27)32-23/h4-9,14-15,17,28-29,31H,10-13H2,1-3H3/b16-4+,20-14-. The molecule has 0 aliphatic carbocycles. The quantitative estimate of drug-likeness (QED) is 0.459. The largest absolute Gasteiger partial charge is 0.353 e. The van der Waals surface area contributed by atoms with Crippen LogP contribution in [0.15, 0.2) is 64.8 Å². The number of hydrazone groups is 1. The predicted octanol–water partition coefficient (Wildman–Crippen LogP) is 5.99. The Kier molecular flexibility index (Phi) is 5.51. The first-order chi connectivity index (χ1) is 15.5. The molecular weight excluding hydrogens is 419 g/mol. The molecule has 0 saturated carbocycles. The minimum absolute atomic E-state index is 0.166. The molecule has 1 saturated heterocycles. The van der Waals surface area contributed by atoms with Gasteiger partial charge in [-0.3, -0.25) is 5.43 Å². The van der Waals surface area contributed by atoms with Crippen LogP contribution in [0, 0.1) is 11.0 Å². The Bertz CT molecular complexity index is 1240. The van der Waals surface area contributed by atoms with Crippen molar-refractivity contribution in [2.75, 3.05) is 13.1 Å². The molecule has 2 aliphatic heterocycles. The number of rotatable bonds is 4. The second-order valence-electron chi connectivity index (χ2n) is 9.12. The number of halogens is 1. The summed E-state index contributed by atoms with van der Waals surface area (Å²) in [4.78, 5) is 4.50. The Hall–Kier alpha value is -2.70. The van der Waals surface area contributed by atoms with Crippen molar-refractivity contribution in [3.05, 3.63) is 70.5 Å². The van der Waals surface area contributed by atoms with Crippen LogP contribution >= 0.6 is 11.3 Å². The van der Waals surface area contributed by atoms with Gasteiger partial charge >= 0.3 is 0 Å². The fourth-order valence-electron chi connectivity index (χ4n) is 4.78. The lowest BCUT2D eigenvalue weighted by molar-refractivity contribution is 0.424. The van der Waals surface area contributed by atoms with Crippen LogP contribution in [0.4, 0.5) is 4.39 Å². The number of fused-ring (bicyclic) bond motifs is 1. The van der Waals surface area contributed by atoms with Crippen LogP contribution in [0.2, 0.25) is 0 Å². The predicted molar refractivity (Wildman–Crippen MR) is 133 cm³/mol. The number of nitrogens with one attached hydrogen (secondary N) is 3. The number of hydrogen-bond acceptors (Lipinski definition) is 4. The first-order valence-electron chi connectivity index (χ1n) is 11.3. The molecule has 2 aliphatic rings. The second kappa shape index (κ2) is 8.34. The van der Waals surface area contributed by atoms with E-state index in [1.54, 1.807) is 0 Å². The zero-order valence-electron chi connectivity index (χ0n) is 18.8. The molecule has 1 aromatic carbocycles. The van der Waals surface area contributed by atoms with E-state index in [1.165, 1.54) is 28.5 Å². The van der Waals surface area contributed by atoms with Gasteiger partial charge in [0.15, 0.2) is 5.13 Å². The van der Waals surface area contributed by atoms with Crippen molar-refractivity contribution in [2.45, 2.75) is 39.2 Å². The zero-order valence-corrected chi connectivity index (χ0v) is 19.6. The number of aromatic nitrogens is 1. The van der Waals surface area contributed by atoms with Gasteiger partial charge in [0.05, 0.1) is 11.2 Å². The van der Waals surface area contributed by atoms with Gasteiger partial charge in [-0.05, 0) is 82.5 Å². The Labute approximate surface area is 192 Å². The summed E-state index contributed by atoms with van der Waals surface area (Å²) in [5, 5.41) is 9.12. The van der Waals surface area contributed by atoms with Crippen LogP contribution in [0.5, 0.6) is 0 Å². The summed E-state index contributed by atoms with van der Waals surface area (Å²) < 4.78 is 13.7. The molecule has 32 heavy (non-hydrogen) atoms. The summed E-state index contributed by atoms with van der Waals surface area (Å²) >= 11 is 1.18. The molecule has 0 bridgehead atoms. The highest BCUT2D eigenvalue weighted by molar-refractivity contribution is 7.14. The van der Waals surface area contributed by atoms with Crippen molar-refractivity contribution in [1.82, 2.24) is 15.7 Å². The molecular formula is C26H29FN4S. The van der Waals surface area contributed by atoms with Crippen LogP contribution in [0.1, 0.15) is 39.3 Å². The number of piperidine rings is 1. The fraction of sp³-hybridized carbons (Fsp3) is 0.346. The molecule has 0 spiro atoms. The van der Waals surface area contributed by atoms with E-state index in [4.69, 9.17) is 5.10 Å². The van der Waals surface area contributed by atoms with E-state index >= 15 is 0 Å². The molecule has 0 radical (unpaired) electrons.